The van der Waals surface area contributed by atoms with Gasteiger partial charge in [0, 0.05) is 165 Å². The highest BCUT2D eigenvalue weighted by Crippen LogP contribution is 2.46. The average Bonchev–Trinajstić information content (AvgIpc) is 1.58. The molecule has 11 aromatic heterocycles. The van der Waals surface area contributed by atoms with E-state index in [2.05, 4.69) is 376 Å². The monoisotopic (exact) mass is 1670 g/mol. The Morgan fingerprint density at radius 2 is 0.351 bits per heavy atom. The molecule has 610 valence electrons. The minimum atomic E-state index is 0.524. The Hall–Kier alpha value is -18.1. The molecule has 0 radical (unpaired) electrons. The summed E-state index contributed by atoms with van der Waals surface area (Å²) >= 11 is 0. The van der Waals surface area contributed by atoms with Crippen molar-refractivity contribution in [1.82, 2.24) is 72.7 Å². The summed E-state index contributed by atoms with van der Waals surface area (Å²) in [5.74, 6) is 3.21. The predicted octanol–water partition coefficient (Wildman–Crippen LogP) is 27.8. The van der Waals surface area contributed by atoms with E-state index in [9.17, 15) is 0 Å². The molecular formula is C116H71N15. The van der Waals surface area contributed by atoms with Crippen molar-refractivity contribution in [3.8, 4) is 141 Å². The van der Waals surface area contributed by atoms with Crippen LogP contribution in [0.5, 0.6) is 0 Å². The summed E-state index contributed by atoms with van der Waals surface area (Å²) in [5.41, 5.74) is 30.2. The van der Waals surface area contributed by atoms with Gasteiger partial charge in [-0.05, 0) is 251 Å². The van der Waals surface area contributed by atoms with Gasteiger partial charge in [0.15, 0.2) is 34.9 Å². The third-order valence-electron chi connectivity index (χ3n) is 25.7. The number of benzene rings is 15. The van der Waals surface area contributed by atoms with Gasteiger partial charge in [-0.25, -0.2) is 29.9 Å². The highest BCUT2D eigenvalue weighted by molar-refractivity contribution is 6.17. The molecule has 0 saturated heterocycles. The summed E-state index contributed by atoms with van der Waals surface area (Å²) in [4.78, 5) is 48.0. The van der Waals surface area contributed by atoms with E-state index < -0.39 is 0 Å². The summed E-state index contributed by atoms with van der Waals surface area (Å²) in [7, 11) is 0. The maximum Gasteiger partial charge on any atom is 0.165 e. The third-order valence-corrected chi connectivity index (χ3v) is 25.7. The summed E-state index contributed by atoms with van der Waals surface area (Å²) in [6.45, 7) is 0. The molecule has 0 unspecified atom stereocenters. The van der Waals surface area contributed by atoms with Gasteiger partial charge in [-0.1, -0.05) is 176 Å². The number of para-hydroxylation sites is 5. The highest BCUT2D eigenvalue weighted by Gasteiger charge is 2.25. The van der Waals surface area contributed by atoms with Gasteiger partial charge in [-0.15, -0.1) is 0 Å². The molecule has 0 fully saturated rings. The zero-order valence-electron chi connectivity index (χ0n) is 70.2. The van der Waals surface area contributed by atoms with Crippen LogP contribution in [0, 0.1) is 0 Å². The van der Waals surface area contributed by atoms with Crippen LogP contribution >= 0.6 is 0 Å². The molecule has 26 aromatic rings. The zero-order chi connectivity index (χ0) is 86.1. The van der Waals surface area contributed by atoms with Crippen LogP contribution in [0.1, 0.15) is 0 Å². The summed E-state index contributed by atoms with van der Waals surface area (Å²) in [6, 6.07) is 138. The van der Waals surface area contributed by atoms with Crippen molar-refractivity contribution in [3.63, 3.8) is 0 Å². The van der Waals surface area contributed by atoms with Crippen LogP contribution in [0.3, 0.4) is 0 Å². The number of hydrogen-bond donors (Lipinski definition) is 0. The first-order valence-corrected chi connectivity index (χ1v) is 43.8. The molecule has 0 aliphatic rings. The van der Waals surface area contributed by atoms with Crippen LogP contribution < -0.4 is 0 Å². The number of rotatable bonds is 15. The van der Waals surface area contributed by atoms with E-state index in [0.29, 0.717) is 34.9 Å². The maximum absolute atomic E-state index is 5.14. The molecule has 0 aliphatic carbocycles. The molecule has 15 aromatic carbocycles. The molecule has 0 spiro atoms. The van der Waals surface area contributed by atoms with Gasteiger partial charge >= 0.3 is 0 Å². The smallest absolute Gasteiger partial charge is 0.165 e. The Labute approximate surface area is 749 Å². The summed E-state index contributed by atoms with van der Waals surface area (Å²) in [6.07, 6.45) is 14.2. The van der Waals surface area contributed by atoms with Crippen molar-refractivity contribution in [1.29, 1.82) is 0 Å². The van der Waals surface area contributed by atoms with Crippen LogP contribution in [0.2, 0.25) is 0 Å². The van der Waals surface area contributed by atoms with Gasteiger partial charge in [-0.2, -0.15) is 0 Å². The number of pyridine rings is 4. The molecular weight excluding hydrogens is 1600 g/mol. The molecule has 0 N–H and O–H groups in total. The predicted molar refractivity (Wildman–Crippen MR) is 530 cm³/mol. The number of hydrogen-bond acceptors (Lipinski definition) is 10. The lowest BCUT2D eigenvalue weighted by Gasteiger charge is -2.12. The van der Waals surface area contributed by atoms with E-state index in [4.69, 9.17) is 29.9 Å². The lowest BCUT2D eigenvalue weighted by Crippen LogP contribution is -2.01. The molecule has 0 saturated carbocycles. The molecule has 11 heterocycles. The van der Waals surface area contributed by atoms with Gasteiger partial charge in [-0.3, -0.25) is 19.9 Å². The molecule has 0 bridgehead atoms. The number of fused-ring (bicyclic) bond motifs is 15. The van der Waals surface area contributed by atoms with E-state index in [1.807, 2.05) is 48.5 Å². The zero-order valence-corrected chi connectivity index (χ0v) is 70.2. The van der Waals surface area contributed by atoms with Crippen LogP contribution in [0.15, 0.2) is 432 Å². The van der Waals surface area contributed by atoms with Gasteiger partial charge in [0.2, 0.25) is 0 Å². The highest BCUT2D eigenvalue weighted by atomic mass is 15.1. The number of aromatic nitrogens is 15. The molecule has 0 aliphatic heterocycles. The second kappa shape index (κ2) is 30.4. The van der Waals surface area contributed by atoms with Crippen molar-refractivity contribution in [2.45, 2.75) is 0 Å². The quantitative estimate of drug-likeness (QED) is 0.0969. The van der Waals surface area contributed by atoms with Gasteiger partial charge in [0.1, 0.15) is 0 Å². The second-order valence-electron chi connectivity index (χ2n) is 33.3. The van der Waals surface area contributed by atoms with E-state index in [1.165, 1.54) is 27.1 Å². The molecule has 15 nitrogen and oxygen atoms in total. The normalized spacial score (nSPS) is 11.8. The fourth-order valence-corrected chi connectivity index (χ4v) is 19.6. The lowest BCUT2D eigenvalue weighted by molar-refractivity contribution is 1.06. The van der Waals surface area contributed by atoms with E-state index in [0.717, 1.165) is 188 Å². The van der Waals surface area contributed by atoms with Crippen molar-refractivity contribution >= 4 is 109 Å². The fourth-order valence-electron chi connectivity index (χ4n) is 19.6. The standard InChI is InChI=1S/C116H71N15/c1-4-26-86(27-5-1)127-101-36-12-10-34-91(101)95-60-73(40-48-103(95)127)76-44-52-107-99(64-76)100-65-77(45-53-108(100)131(107)90-33-15-21-81(59-90)112-123-115(84-24-18-56-119-70-84)126-116(124-112)85-25-19-57-120-71-85)75-42-50-105-98(63-75)94-47-39-79(67-110(94)129(105)88-30-8-3-9-31-88)78-38-46-93-97-62-74(41-49-104(97)128(109(93)66-78)87-28-6-2-7-29-87)72-43-51-106-96(61-72)92-35-11-13-37-102(92)130(106)89-32-14-20-80(58-89)111-121-113(82-22-16-54-117-68-82)125-114(122-111)83-23-17-55-118-69-83/h1-71H. The molecule has 0 amide bonds. The lowest BCUT2D eigenvalue weighted by atomic mass is 9.98. The third kappa shape index (κ3) is 12.6. The largest absolute Gasteiger partial charge is 0.309 e. The van der Waals surface area contributed by atoms with E-state index in [-0.39, 0.29) is 0 Å². The van der Waals surface area contributed by atoms with Crippen LogP contribution in [-0.4, -0.2) is 72.7 Å². The number of nitrogens with zero attached hydrogens (tertiary/aromatic N) is 15. The van der Waals surface area contributed by atoms with Gasteiger partial charge in [0.05, 0.1) is 55.2 Å². The Bertz CT molecular complexity index is 8970. The first-order chi connectivity index (χ1) is 64.9. The Morgan fingerprint density at radius 3 is 0.649 bits per heavy atom. The average molecular weight is 1670 g/mol. The topological polar surface area (TPSA) is 154 Å². The Balaban J connectivity index is 0.581. The Kier molecular flexibility index (Phi) is 17.2. The first-order valence-electron chi connectivity index (χ1n) is 43.8. The summed E-state index contributed by atoms with van der Waals surface area (Å²) in [5, 5.41) is 11.6. The minimum absolute atomic E-state index is 0.524. The summed E-state index contributed by atoms with van der Waals surface area (Å²) < 4.78 is 12.0. The van der Waals surface area contributed by atoms with Crippen LogP contribution in [0.4, 0.5) is 0 Å². The maximum atomic E-state index is 5.14. The van der Waals surface area contributed by atoms with Crippen molar-refractivity contribution in [3.05, 3.63) is 432 Å². The molecule has 26 rings (SSSR count). The van der Waals surface area contributed by atoms with Gasteiger partial charge < -0.3 is 22.8 Å². The van der Waals surface area contributed by atoms with Crippen LogP contribution in [0.25, 0.3) is 250 Å². The van der Waals surface area contributed by atoms with Crippen molar-refractivity contribution in [2.75, 3.05) is 0 Å². The van der Waals surface area contributed by atoms with E-state index in [1.54, 1.807) is 49.6 Å². The molecule has 15 heteroatoms. The fraction of sp³-hybridized carbons (Fsp3) is 0. The van der Waals surface area contributed by atoms with E-state index >= 15 is 0 Å². The Morgan fingerprint density at radius 1 is 0.130 bits per heavy atom. The second-order valence-corrected chi connectivity index (χ2v) is 33.3. The SMILES string of the molecule is c1ccc(-n2c3ccccc3c3cc(-c4ccc5c(c4)c4cc(-c6ccc7c(c6)c6ccc(-c8ccc9c%10cc(-c%11ccc%12c(c%11)c%11ccccc%11n%12-c%11cccc(-c%12nc(-c%13cccnc%13)nc(-c%13cccnc%13)n%12)c%11)ccc%10n(-c%10ccccc%10)c9c8)cc6n7-c6ccccc6)ccc4n5-c4cccc(-c5nc(-c6cccnc6)nc(-c6cccnc6)n5)c4)ccc32)cc1. The first kappa shape index (κ1) is 74.4. The van der Waals surface area contributed by atoms with Crippen molar-refractivity contribution < 1.29 is 0 Å². The molecule has 131 heavy (non-hydrogen) atoms. The van der Waals surface area contributed by atoms with Crippen LogP contribution in [-0.2, 0) is 0 Å². The van der Waals surface area contributed by atoms with Gasteiger partial charge in [0.25, 0.3) is 0 Å². The van der Waals surface area contributed by atoms with Crippen molar-refractivity contribution in [2.24, 2.45) is 0 Å². The minimum Gasteiger partial charge on any atom is -0.309 e. The molecule has 0 atom stereocenters.